The molecule has 0 bridgehead atoms. The fourth-order valence-electron chi connectivity index (χ4n) is 2.21. The van der Waals surface area contributed by atoms with Crippen molar-refractivity contribution in [3.63, 3.8) is 0 Å². The lowest BCUT2D eigenvalue weighted by Crippen LogP contribution is -2.16. The van der Waals surface area contributed by atoms with Crippen LogP contribution in [0.1, 0.15) is 5.56 Å². The molecule has 0 spiro atoms. The van der Waals surface area contributed by atoms with Crippen molar-refractivity contribution in [3.05, 3.63) is 45.9 Å². The fraction of sp³-hybridized carbons (Fsp3) is 0.235. The van der Waals surface area contributed by atoms with Crippen molar-refractivity contribution in [2.24, 2.45) is 0 Å². The van der Waals surface area contributed by atoms with Crippen LogP contribution in [0.3, 0.4) is 0 Å². The van der Waals surface area contributed by atoms with Crippen LogP contribution in [-0.4, -0.2) is 24.9 Å². The molecule has 0 radical (unpaired) electrons. The van der Waals surface area contributed by atoms with Crippen molar-refractivity contribution in [1.29, 1.82) is 0 Å². The van der Waals surface area contributed by atoms with E-state index in [1.807, 2.05) is 31.2 Å². The third-order valence-electron chi connectivity index (χ3n) is 3.43. The Bertz CT molecular complexity index is 783. The number of hydrogen-bond donors (Lipinski definition) is 1. The fourth-order valence-corrected chi connectivity index (χ4v) is 3.40. The molecule has 1 aliphatic heterocycles. The SMILES string of the molecule is Cc1ccc(Cl)c(NC(=O)CSc2ccc3c(c2)OCCO3)c1Cl. The summed E-state index contributed by atoms with van der Waals surface area (Å²) in [5, 5.41) is 3.65. The predicted molar refractivity (Wildman–Crippen MR) is 98.0 cm³/mol. The van der Waals surface area contributed by atoms with Crippen molar-refractivity contribution in [3.8, 4) is 11.5 Å². The summed E-state index contributed by atoms with van der Waals surface area (Å²) in [6.07, 6.45) is 0. The molecule has 4 nitrogen and oxygen atoms in total. The van der Waals surface area contributed by atoms with Gasteiger partial charge in [0, 0.05) is 4.90 Å². The van der Waals surface area contributed by atoms with Gasteiger partial charge in [-0.2, -0.15) is 0 Å². The number of benzene rings is 2. The van der Waals surface area contributed by atoms with Crippen LogP contribution >= 0.6 is 35.0 Å². The van der Waals surface area contributed by atoms with Gasteiger partial charge in [-0.25, -0.2) is 0 Å². The first-order valence-electron chi connectivity index (χ1n) is 7.31. The van der Waals surface area contributed by atoms with Crippen molar-refractivity contribution in [1.82, 2.24) is 0 Å². The third kappa shape index (κ3) is 3.91. The molecule has 3 rings (SSSR count). The molecule has 1 aliphatic rings. The van der Waals surface area contributed by atoms with E-state index in [0.717, 1.165) is 16.2 Å². The molecular weight excluding hydrogens is 369 g/mol. The van der Waals surface area contributed by atoms with Gasteiger partial charge >= 0.3 is 0 Å². The number of rotatable bonds is 4. The third-order valence-corrected chi connectivity index (χ3v) is 5.23. The average Bonchev–Trinajstić information content (AvgIpc) is 2.60. The Morgan fingerprint density at radius 1 is 1.17 bits per heavy atom. The topological polar surface area (TPSA) is 47.6 Å². The van der Waals surface area contributed by atoms with E-state index in [2.05, 4.69) is 5.32 Å². The Hall–Kier alpha value is -1.56. The number of nitrogens with one attached hydrogen (secondary N) is 1. The molecule has 24 heavy (non-hydrogen) atoms. The first-order chi connectivity index (χ1) is 11.5. The standard InChI is InChI=1S/C17H15Cl2NO3S/c1-10-2-4-12(18)17(16(10)19)20-15(21)9-24-11-3-5-13-14(8-11)23-7-6-22-13/h2-5,8H,6-7,9H2,1H3,(H,20,21). The normalized spacial score (nSPS) is 12.8. The molecule has 0 saturated heterocycles. The zero-order valence-corrected chi connectivity index (χ0v) is 15.2. The van der Waals surface area contributed by atoms with E-state index in [1.165, 1.54) is 11.8 Å². The number of fused-ring (bicyclic) bond motifs is 1. The molecule has 0 fully saturated rings. The monoisotopic (exact) mass is 383 g/mol. The largest absolute Gasteiger partial charge is 0.486 e. The van der Waals surface area contributed by atoms with E-state index < -0.39 is 0 Å². The van der Waals surface area contributed by atoms with Gasteiger partial charge in [0.2, 0.25) is 5.91 Å². The molecule has 2 aromatic carbocycles. The summed E-state index contributed by atoms with van der Waals surface area (Å²) in [6.45, 7) is 2.95. The highest BCUT2D eigenvalue weighted by Gasteiger charge is 2.14. The average molecular weight is 384 g/mol. The highest BCUT2D eigenvalue weighted by atomic mass is 35.5. The molecule has 0 aromatic heterocycles. The number of anilines is 1. The highest BCUT2D eigenvalue weighted by Crippen LogP contribution is 2.35. The quantitative estimate of drug-likeness (QED) is 0.769. The number of thioether (sulfide) groups is 1. The zero-order valence-electron chi connectivity index (χ0n) is 12.9. The second kappa shape index (κ2) is 7.55. The van der Waals surface area contributed by atoms with Gasteiger partial charge in [-0.1, -0.05) is 29.3 Å². The molecule has 126 valence electrons. The molecule has 7 heteroatoms. The second-order valence-electron chi connectivity index (χ2n) is 5.20. The zero-order chi connectivity index (χ0) is 17.1. The minimum Gasteiger partial charge on any atom is -0.486 e. The van der Waals surface area contributed by atoms with Gasteiger partial charge in [0.1, 0.15) is 13.2 Å². The van der Waals surface area contributed by atoms with Crippen LogP contribution in [0.5, 0.6) is 11.5 Å². The van der Waals surface area contributed by atoms with Gasteiger partial charge < -0.3 is 14.8 Å². The molecule has 0 aliphatic carbocycles. The molecule has 0 saturated carbocycles. The number of amides is 1. The van der Waals surface area contributed by atoms with E-state index >= 15 is 0 Å². The van der Waals surface area contributed by atoms with E-state index in [4.69, 9.17) is 32.7 Å². The molecule has 2 aromatic rings. The van der Waals surface area contributed by atoms with Crippen LogP contribution in [0.4, 0.5) is 5.69 Å². The van der Waals surface area contributed by atoms with E-state index in [0.29, 0.717) is 34.7 Å². The van der Waals surface area contributed by atoms with Gasteiger partial charge in [-0.05, 0) is 36.8 Å². The number of halogens is 2. The second-order valence-corrected chi connectivity index (χ2v) is 7.03. The molecule has 1 N–H and O–H groups in total. The summed E-state index contributed by atoms with van der Waals surface area (Å²) in [4.78, 5) is 13.1. The Labute approximate surface area is 154 Å². The summed E-state index contributed by atoms with van der Waals surface area (Å²) < 4.78 is 11.0. The lowest BCUT2D eigenvalue weighted by Gasteiger charge is -2.18. The van der Waals surface area contributed by atoms with Crippen LogP contribution < -0.4 is 14.8 Å². The van der Waals surface area contributed by atoms with E-state index in [9.17, 15) is 4.79 Å². The first-order valence-corrected chi connectivity index (χ1v) is 9.05. The Balaban J connectivity index is 1.63. The smallest absolute Gasteiger partial charge is 0.234 e. The van der Waals surface area contributed by atoms with Crippen molar-refractivity contribution in [2.75, 3.05) is 24.3 Å². The Morgan fingerprint density at radius 3 is 2.71 bits per heavy atom. The van der Waals surface area contributed by atoms with Crippen LogP contribution in [0.25, 0.3) is 0 Å². The lowest BCUT2D eigenvalue weighted by atomic mass is 10.2. The number of hydrogen-bond acceptors (Lipinski definition) is 4. The summed E-state index contributed by atoms with van der Waals surface area (Å²) in [5.41, 5.74) is 1.31. The molecule has 1 heterocycles. The minimum absolute atomic E-state index is 0.177. The molecule has 0 atom stereocenters. The first kappa shape index (κ1) is 17.3. The molecular formula is C17H15Cl2NO3S. The van der Waals surface area contributed by atoms with Crippen molar-refractivity contribution in [2.45, 2.75) is 11.8 Å². The Morgan fingerprint density at radius 2 is 1.92 bits per heavy atom. The van der Waals surface area contributed by atoms with Crippen LogP contribution in [0, 0.1) is 6.92 Å². The molecule has 0 unspecified atom stereocenters. The minimum atomic E-state index is -0.177. The number of ether oxygens (including phenoxy) is 2. The van der Waals surface area contributed by atoms with Gasteiger partial charge in [-0.3, -0.25) is 4.79 Å². The predicted octanol–water partition coefficient (Wildman–Crippen LogP) is 4.80. The molecule has 1 amide bonds. The summed E-state index contributed by atoms with van der Waals surface area (Å²) in [6, 6.07) is 9.15. The van der Waals surface area contributed by atoms with Gasteiger partial charge in [0.05, 0.1) is 21.5 Å². The maximum atomic E-state index is 12.2. The summed E-state index contributed by atoms with van der Waals surface area (Å²) in [5.74, 6) is 1.49. The number of carbonyl (C=O) groups is 1. The maximum Gasteiger partial charge on any atom is 0.234 e. The number of carbonyl (C=O) groups excluding carboxylic acids is 1. The van der Waals surface area contributed by atoms with Crippen LogP contribution in [-0.2, 0) is 4.79 Å². The van der Waals surface area contributed by atoms with Gasteiger partial charge in [0.15, 0.2) is 11.5 Å². The maximum absolute atomic E-state index is 12.2. The van der Waals surface area contributed by atoms with Crippen molar-refractivity contribution < 1.29 is 14.3 Å². The van der Waals surface area contributed by atoms with Crippen LogP contribution in [0.2, 0.25) is 10.0 Å². The highest BCUT2D eigenvalue weighted by molar-refractivity contribution is 8.00. The summed E-state index contributed by atoms with van der Waals surface area (Å²) >= 11 is 13.7. The lowest BCUT2D eigenvalue weighted by molar-refractivity contribution is -0.113. The van der Waals surface area contributed by atoms with Gasteiger partial charge in [-0.15, -0.1) is 11.8 Å². The summed E-state index contributed by atoms with van der Waals surface area (Å²) in [7, 11) is 0. The van der Waals surface area contributed by atoms with Crippen LogP contribution in [0.15, 0.2) is 35.2 Å². The van der Waals surface area contributed by atoms with Gasteiger partial charge in [0.25, 0.3) is 0 Å². The Kier molecular flexibility index (Phi) is 5.43. The number of aryl methyl sites for hydroxylation is 1. The van der Waals surface area contributed by atoms with E-state index in [1.54, 1.807) is 6.07 Å². The van der Waals surface area contributed by atoms with E-state index in [-0.39, 0.29) is 11.7 Å². The van der Waals surface area contributed by atoms with Crippen molar-refractivity contribution >= 4 is 46.6 Å².